The number of Topliss-reactive ketones (excluding diaryl/α,β-unsaturated/α-hetero) is 1. The summed E-state index contributed by atoms with van der Waals surface area (Å²) in [6, 6.07) is 0. The Morgan fingerprint density at radius 2 is 1.82 bits per heavy atom. The zero-order valence-electron chi connectivity index (χ0n) is 15.4. The van der Waals surface area contributed by atoms with Gasteiger partial charge in [0.2, 0.25) is 0 Å². The molecule has 0 atom stereocenters. The maximum Gasteiger partial charge on any atom is 0.361 e. The predicted molar refractivity (Wildman–Crippen MR) is 100 cm³/mol. The molecule has 0 fully saturated rings. The van der Waals surface area contributed by atoms with E-state index in [1.807, 2.05) is 0 Å². The number of nitrogens with two attached hydrogens (primary N) is 1. The lowest BCUT2D eigenvalue weighted by molar-refractivity contribution is -0.119. The van der Waals surface area contributed by atoms with Crippen LogP contribution in [0.15, 0.2) is 12.4 Å². The van der Waals surface area contributed by atoms with Crippen molar-refractivity contribution in [1.82, 2.24) is 9.97 Å². The second-order valence-corrected chi connectivity index (χ2v) is 6.47. The van der Waals surface area contributed by atoms with Crippen molar-refractivity contribution in [2.75, 3.05) is 24.3 Å². The van der Waals surface area contributed by atoms with Crippen LogP contribution >= 0.6 is 11.3 Å². The fourth-order valence-electron chi connectivity index (χ4n) is 2.25. The summed E-state index contributed by atoms with van der Waals surface area (Å²) in [4.78, 5) is 55.8. The molecular formula is C17H18N4O6S. The van der Waals surface area contributed by atoms with Crippen molar-refractivity contribution in [1.29, 1.82) is 0 Å². The first-order valence-corrected chi connectivity index (χ1v) is 8.92. The van der Waals surface area contributed by atoms with Gasteiger partial charge in [-0.25, -0.2) is 19.6 Å². The number of thiophene rings is 1. The molecule has 0 saturated heterocycles. The zero-order chi connectivity index (χ0) is 20.8. The lowest BCUT2D eigenvalue weighted by Gasteiger charge is -2.08. The number of nitrogens with one attached hydrogen (secondary N) is 1. The summed E-state index contributed by atoms with van der Waals surface area (Å²) in [7, 11) is 0. The van der Waals surface area contributed by atoms with Crippen LogP contribution in [0.1, 0.15) is 49.9 Å². The average molecular weight is 406 g/mol. The average Bonchev–Trinajstić information content (AvgIpc) is 2.96. The van der Waals surface area contributed by atoms with E-state index in [1.54, 1.807) is 13.8 Å². The highest BCUT2D eigenvalue weighted by molar-refractivity contribution is 7.18. The first-order valence-electron chi connectivity index (χ1n) is 8.11. The molecule has 2 aromatic rings. The van der Waals surface area contributed by atoms with Crippen molar-refractivity contribution in [3.63, 3.8) is 0 Å². The number of nitrogen functional groups attached to an aromatic ring is 1. The molecule has 0 aliphatic carbocycles. The minimum Gasteiger partial charge on any atom is -0.462 e. The van der Waals surface area contributed by atoms with Crippen molar-refractivity contribution in [2.24, 2.45) is 0 Å². The van der Waals surface area contributed by atoms with Gasteiger partial charge in [0.15, 0.2) is 23.9 Å². The summed E-state index contributed by atoms with van der Waals surface area (Å²) in [5, 5.41) is 2.61. The van der Waals surface area contributed by atoms with Gasteiger partial charge in [0.25, 0.3) is 5.91 Å². The molecule has 0 radical (unpaired) electrons. The molecule has 0 saturated carbocycles. The van der Waals surface area contributed by atoms with Crippen molar-refractivity contribution in [2.45, 2.75) is 20.8 Å². The molecule has 0 spiro atoms. The minimum atomic E-state index is -0.918. The second-order valence-electron chi connectivity index (χ2n) is 5.45. The molecule has 1 amide bonds. The van der Waals surface area contributed by atoms with Gasteiger partial charge in [0.05, 0.1) is 17.0 Å². The third-order valence-electron chi connectivity index (χ3n) is 3.45. The SMILES string of the molecule is CCOC(=O)c1c(NC(=O)COC(=O)c2nccnc2N)sc(C(C)=O)c1C. The second kappa shape index (κ2) is 9.04. The number of aromatic nitrogens is 2. The Bertz CT molecular complexity index is 940. The zero-order valence-corrected chi connectivity index (χ0v) is 16.2. The highest BCUT2D eigenvalue weighted by atomic mass is 32.1. The summed E-state index contributed by atoms with van der Waals surface area (Å²) in [5.74, 6) is -2.67. The molecule has 2 heterocycles. The standard InChI is InChI=1S/C17H18N4O6S/c1-4-26-16(24)11-8(2)13(9(3)22)28-15(11)21-10(23)7-27-17(25)12-14(18)20-6-5-19-12/h5-6H,4,7H2,1-3H3,(H2,18,20)(H,21,23). The van der Waals surface area contributed by atoms with E-state index in [0.29, 0.717) is 10.4 Å². The molecule has 0 unspecified atom stereocenters. The molecule has 0 bridgehead atoms. The number of nitrogens with zero attached hydrogens (tertiary/aromatic N) is 2. The Balaban J connectivity index is 2.14. The molecule has 0 aliphatic rings. The summed E-state index contributed by atoms with van der Waals surface area (Å²) in [6.07, 6.45) is 2.57. The Hall–Kier alpha value is -3.34. The Kier molecular flexibility index (Phi) is 6.77. The molecular weight excluding hydrogens is 388 g/mol. The van der Waals surface area contributed by atoms with Crippen molar-refractivity contribution >= 4 is 45.8 Å². The predicted octanol–water partition coefficient (Wildman–Crippen LogP) is 1.60. The Morgan fingerprint density at radius 3 is 2.43 bits per heavy atom. The van der Waals surface area contributed by atoms with Gasteiger partial charge in [-0.1, -0.05) is 0 Å². The number of carbonyl (C=O) groups is 4. The Labute approximate surface area is 164 Å². The topological polar surface area (TPSA) is 151 Å². The minimum absolute atomic E-state index is 0.0925. The highest BCUT2D eigenvalue weighted by Gasteiger charge is 2.25. The van der Waals surface area contributed by atoms with Crippen molar-refractivity contribution < 1.29 is 28.7 Å². The van der Waals surface area contributed by atoms with E-state index in [9.17, 15) is 19.2 Å². The number of carbonyl (C=O) groups excluding carboxylic acids is 4. The summed E-state index contributed by atoms with van der Waals surface area (Å²) in [5.41, 5.74) is 5.81. The van der Waals surface area contributed by atoms with E-state index in [-0.39, 0.29) is 34.5 Å². The Morgan fingerprint density at radius 1 is 1.14 bits per heavy atom. The van der Waals surface area contributed by atoms with Crippen LogP contribution in [-0.4, -0.2) is 46.8 Å². The molecule has 2 rings (SSSR count). The van der Waals surface area contributed by atoms with E-state index >= 15 is 0 Å². The molecule has 0 aliphatic heterocycles. The number of hydrogen-bond acceptors (Lipinski definition) is 10. The normalized spacial score (nSPS) is 10.2. The van der Waals surface area contributed by atoms with Crippen molar-refractivity contribution in [3.05, 3.63) is 34.1 Å². The summed E-state index contributed by atoms with van der Waals surface area (Å²) >= 11 is 0.945. The van der Waals surface area contributed by atoms with E-state index in [1.165, 1.54) is 19.3 Å². The number of anilines is 2. The van der Waals surface area contributed by atoms with Crippen LogP contribution < -0.4 is 11.1 Å². The highest BCUT2D eigenvalue weighted by Crippen LogP contribution is 2.34. The van der Waals surface area contributed by atoms with E-state index < -0.39 is 24.5 Å². The van der Waals surface area contributed by atoms with E-state index in [4.69, 9.17) is 15.2 Å². The van der Waals surface area contributed by atoms with Gasteiger partial charge in [0.1, 0.15) is 5.00 Å². The molecule has 2 aromatic heterocycles. The maximum absolute atomic E-state index is 12.2. The lowest BCUT2D eigenvalue weighted by Crippen LogP contribution is -2.22. The summed E-state index contributed by atoms with van der Waals surface area (Å²) < 4.78 is 9.85. The van der Waals surface area contributed by atoms with Crippen LogP contribution in [0, 0.1) is 6.92 Å². The maximum atomic E-state index is 12.2. The third kappa shape index (κ3) is 4.68. The molecule has 11 heteroatoms. The molecule has 148 valence electrons. The van der Waals surface area contributed by atoms with Gasteiger partial charge in [0, 0.05) is 12.4 Å². The quantitative estimate of drug-likeness (QED) is 0.516. The van der Waals surface area contributed by atoms with Crippen LogP contribution in [0.3, 0.4) is 0 Å². The fourth-order valence-corrected chi connectivity index (χ4v) is 3.36. The van der Waals surface area contributed by atoms with Gasteiger partial charge >= 0.3 is 11.9 Å². The number of hydrogen-bond donors (Lipinski definition) is 2. The molecule has 0 aromatic carbocycles. The van der Waals surface area contributed by atoms with Gasteiger partial charge in [-0.05, 0) is 26.3 Å². The van der Waals surface area contributed by atoms with Gasteiger partial charge in [-0.3, -0.25) is 9.59 Å². The molecule has 3 N–H and O–H groups in total. The van der Waals surface area contributed by atoms with Crippen LogP contribution in [-0.2, 0) is 14.3 Å². The van der Waals surface area contributed by atoms with Gasteiger partial charge in [-0.15, -0.1) is 11.3 Å². The van der Waals surface area contributed by atoms with E-state index in [2.05, 4.69) is 15.3 Å². The monoisotopic (exact) mass is 406 g/mol. The van der Waals surface area contributed by atoms with Gasteiger partial charge in [-0.2, -0.15) is 0 Å². The summed E-state index contributed by atoms with van der Waals surface area (Å²) in [6.45, 7) is 4.07. The molecule has 10 nitrogen and oxygen atoms in total. The third-order valence-corrected chi connectivity index (χ3v) is 4.76. The number of ether oxygens (including phenoxy) is 2. The smallest absolute Gasteiger partial charge is 0.361 e. The first kappa shape index (κ1) is 21.0. The van der Waals surface area contributed by atoms with E-state index in [0.717, 1.165) is 11.3 Å². The van der Waals surface area contributed by atoms with Crippen LogP contribution in [0.2, 0.25) is 0 Å². The first-order chi connectivity index (χ1) is 13.3. The number of ketones is 1. The number of rotatable bonds is 7. The van der Waals surface area contributed by atoms with Gasteiger partial charge < -0.3 is 20.5 Å². The largest absolute Gasteiger partial charge is 0.462 e. The number of amides is 1. The van der Waals surface area contributed by atoms with Crippen LogP contribution in [0.4, 0.5) is 10.8 Å². The molecule has 28 heavy (non-hydrogen) atoms. The number of esters is 2. The van der Waals surface area contributed by atoms with Crippen LogP contribution in [0.25, 0.3) is 0 Å². The van der Waals surface area contributed by atoms with Crippen molar-refractivity contribution in [3.8, 4) is 0 Å². The lowest BCUT2D eigenvalue weighted by atomic mass is 10.1. The van der Waals surface area contributed by atoms with Crippen LogP contribution in [0.5, 0.6) is 0 Å². The fraction of sp³-hybridized carbons (Fsp3) is 0.294.